The molecule has 2 aromatic rings. The van der Waals surface area contributed by atoms with Gasteiger partial charge in [-0.2, -0.15) is 0 Å². The number of hydrogen-bond donors (Lipinski definition) is 1. The van der Waals surface area contributed by atoms with Crippen molar-refractivity contribution in [2.45, 2.75) is 13.0 Å². The molecule has 0 saturated heterocycles. The molecule has 1 N–H and O–H groups in total. The molecule has 96 valence electrons. The highest BCUT2D eigenvalue weighted by Crippen LogP contribution is 2.28. The average Bonchev–Trinajstić information content (AvgIpc) is 2.82. The molecule has 1 heterocycles. The maximum Gasteiger partial charge on any atom is 0.124 e. The van der Waals surface area contributed by atoms with Crippen molar-refractivity contribution in [1.29, 1.82) is 0 Å². The summed E-state index contributed by atoms with van der Waals surface area (Å²) in [6.45, 7) is 2.93. The summed E-state index contributed by atoms with van der Waals surface area (Å²) in [5.74, 6) is 0.865. The van der Waals surface area contributed by atoms with E-state index in [1.54, 1.807) is 18.0 Å². The summed E-state index contributed by atoms with van der Waals surface area (Å²) in [6.07, 6.45) is 1.78. The zero-order valence-corrected chi connectivity index (χ0v) is 10.9. The molecule has 0 aliphatic carbocycles. The van der Waals surface area contributed by atoms with E-state index in [9.17, 15) is 0 Å². The van der Waals surface area contributed by atoms with Gasteiger partial charge >= 0.3 is 0 Å². The SMILES string of the molecule is CCNC(c1ccccc1OC)c1cnnn1C. The van der Waals surface area contributed by atoms with Crippen molar-refractivity contribution in [1.82, 2.24) is 20.3 Å². The Labute approximate surface area is 107 Å². The number of nitrogens with one attached hydrogen (secondary N) is 1. The lowest BCUT2D eigenvalue weighted by atomic mass is 10.0. The maximum absolute atomic E-state index is 5.42. The molecule has 5 heteroatoms. The number of benzene rings is 1. The van der Waals surface area contributed by atoms with E-state index < -0.39 is 0 Å². The van der Waals surface area contributed by atoms with Crippen LogP contribution in [0.5, 0.6) is 5.75 Å². The number of ether oxygens (including phenoxy) is 1. The second-order valence-corrected chi connectivity index (χ2v) is 4.02. The maximum atomic E-state index is 5.42. The summed E-state index contributed by atoms with van der Waals surface area (Å²) >= 11 is 0. The monoisotopic (exact) mass is 246 g/mol. The van der Waals surface area contributed by atoms with Gasteiger partial charge in [-0.05, 0) is 12.6 Å². The Hall–Kier alpha value is -1.88. The molecule has 0 saturated carbocycles. The number of rotatable bonds is 5. The highest BCUT2D eigenvalue weighted by atomic mass is 16.5. The van der Waals surface area contributed by atoms with Crippen LogP contribution in [-0.2, 0) is 7.05 Å². The van der Waals surface area contributed by atoms with Crippen LogP contribution in [-0.4, -0.2) is 28.6 Å². The van der Waals surface area contributed by atoms with Gasteiger partial charge in [0.05, 0.1) is 25.0 Å². The lowest BCUT2D eigenvalue weighted by Crippen LogP contribution is -2.24. The molecule has 1 unspecified atom stereocenters. The first-order chi connectivity index (χ1) is 8.77. The van der Waals surface area contributed by atoms with Crippen LogP contribution in [0.3, 0.4) is 0 Å². The minimum absolute atomic E-state index is 0.0335. The predicted octanol–water partition coefficient (Wildman–Crippen LogP) is 1.52. The molecular formula is C13H18N4O. The highest BCUT2D eigenvalue weighted by Gasteiger charge is 2.20. The van der Waals surface area contributed by atoms with Crippen LogP contribution in [0.15, 0.2) is 30.5 Å². The molecule has 0 amide bonds. The van der Waals surface area contributed by atoms with Crippen molar-refractivity contribution in [3.63, 3.8) is 0 Å². The second-order valence-electron chi connectivity index (χ2n) is 4.02. The number of hydrogen-bond acceptors (Lipinski definition) is 4. The van der Waals surface area contributed by atoms with Gasteiger partial charge < -0.3 is 10.1 Å². The quantitative estimate of drug-likeness (QED) is 0.869. The zero-order chi connectivity index (χ0) is 13.0. The van der Waals surface area contributed by atoms with Crippen LogP contribution in [0, 0.1) is 0 Å². The van der Waals surface area contributed by atoms with Crippen LogP contribution in [0.4, 0.5) is 0 Å². The van der Waals surface area contributed by atoms with E-state index in [-0.39, 0.29) is 6.04 Å². The third-order valence-electron chi connectivity index (χ3n) is 2.90. The Morgan fingerprint density at radius 3 is 2.78 bits per heavy atom. The molecule has 1 atom stereocenters. The third kappa shape index (κ3) is 2.36. The molecule has 0 fully saturated rings. The van der Waals surface area contributed by atoms with Gasteiger partial charge in [0.15, 0.2) is 0 Å². The third-order valence-corrected chi connectivity index (χ3v) is 2.90. The predicted molar refractivity (Wildman–Crippen MR) is 69.5 cm³/mol. The van der Waals surface area contributed by atoms with Gasteiger partial charge in [-0.3, -0.25) is 4.68 Å². The first-order valence-electron chi connectivity index (χ1n) is 5.98. The molecule has 0 aliphatic rings. The van der Waals surface area contributed by atoms with Crippen LogP contribution in [0.2, 0.25) is 0 Å². The van der Waals surface area contributed by atoms with Gasteiger partial charge in [0, 0.05) is 12.6 Å². The van der Waals surface area contributed by atoms with E-state index in [4.69, 9.17) is 4.74 Å². The zero-order valence-electron chi connectivity index (χ0n) is 10.9. The van der Waals surface area contributed by atoms with Gasteiger partial charge in [0.2, 0.25) is 0 Å². The molecule has 1 aromatic heterocycles. The minimum atomic E-state index is 0.0335. The molecule has 1 aromatic carbocycles. The molecule has 2 rings (SSSR count). The number of para-hydroxylation sites is 1. The normalized spacial score (nSPS) is 12.4. The summed E-state index contributed by atoms with van der Waals surface area (Å²) in [5, 5.41) is 11.4. The van der Waals surface area contributed by atoms with Gasteiger partial charge in [0.25, 0.3) is 0 Å². The molecule has 5 nitrogen and oxygen atoms in total. The van der Waals surface area contributed by atoms with Crippen molar-refractivity contribution in [3.8, 4) is 5.75 Å². The van der Waals surface area contributed by atoms with E-state index in [1.165, 1.54) is 0 Å². The Kier molecular flexibility index (Phi) is 3.94. The van der Waals surface area contributed by atoms with Crippen LogP contribution in [0.1, 0.15) is 24.2 Å². The number of aryl methyl sites for hydroxylation is 1. The van der Waals surface area contributed by atoms with Crippen LogP contribution < -0.4 is 10.1 Å². The van der Waals surface area contributed by atoms with E-state index >= 15 is 0 Å². The van der Waals surface area contributed by atoms with E-state index in [2.05, 4.69) is 28.6 Å². The van der Waals surface area contributed by atoms with Crippen molar-refractivity contribution >= 4 is 0 Å². The van der Waals surface area contributed by atoms with Gasteiger partial charge in [-0.25, -0.2) is 0 Å². The van der Waals surface area contributed by atoms with Gasteiger partial charge in [-0.1, -0.05) is 30.3 Å². The molecule has 0 bridgehead atoms. The molecule has 0 radical (unpaired) electrons. The van der Waals surface area contributed by atoms with Crippen molar-refractivity contribution < 1.29 is 4.74 Å². The minimum Gasteiger partial charge on any atom is -0.496 e. The lowest BCUT2D eigenvalue weighted by molar-refractivity contribution is 0.402. The number of methoxy groups -OCH3 is 1. The average molecular weight is 246 g/mol. The Morgan fingerprint density at radius 2 is 2.17 bits per heavy atom. The van der Waals surface area contributed by atoms with Crippen molar-refractivity contribution in [2.75, 3.05) is 13.7 Å². The first kappa shape index (κ1) is 12.6. The molecule has 18 heavy (non-hydrogen) atoms. The fraction of sp³-hybridized carbons (Fsp3) is 0.385. The van der Waals surface area contributed by atoms with Crippen molar-refractivity contribution in [3.05, 3.63) is 41.7 Å². The Morgan fingerprint density at radius 1 is 1.39 bits per heavy atom. The first-order valence-corrected chi connectivity index (χ1v) is 5.98. The second kappa shape index (κ2) is 5.64. The highest BCUT2D eigenvalue weighted by molar-refractivity contribution is 5.39. The van der Waals surface area contributed by atoms with E-state index in [0.29, 0.717) is 0 Å². The topological polar surface area (TPSA) is 52.0 Å². The van der Waals surface area contributed by atoms with Crippen LogP contribution in [0.25, 0.3) is 0 Å². The summed E-state index contributed by atoms with van der Waals surface area (Å²) in [4.78, 5) is 0. The van der Waals surface area contributed by atoms with Crippen molar-refractivity contribution in [2.24, 2.45) is 7.05 Å². The Balaban J connectivity index is 2.45. The molecule has 0 spiro atoms. The van der Waals surface area contributed by atoms with Gasteiger partial charge in [-0.15, -0.1) is 5.10 Å². The Bertz CT molecular complexity index is 509. The van der Waals surface area contributed by atoms with E-state index in [1.807, 2.05) is 25.2 Å². The summed E-state index contributed by atoms with van der Waals surface area (Å²) in [5.41, 5.74) is 2.11. The summed E-state index contributed by atoms with van der Waals surface area (Å²) in [6, 6.07) is 8.02. The molecule has 0 aliphatic heterocycles. The van der Waals surface area contributed by atoms with E-state index in [0.717, 1.165) is 23.6 Å². The molecular weight excluding hydrogens is 228 g/mol. The number of nitrogens with zero attached hydrogens (tertiary/aromatic N) is 3. The largest absolute Gasteiger partial charge is 0.496 e. The van der Waals surface area contributed by atoms with Gasteiger partial charge in [0.1, 0.15) is 5.75 Å². The fourth-order valence-corrected chi connectivity index (χ4v) is 2.04. The summed E-state index contributed by atoms with van der Waals surface area (Å²) < 4.78 is 7.20. The van der Waals surface area contributed by atoms with Crippen LogP contribution >= 0.6 is 0 Å². The number of aromatic nitrogens is 3. The summed E-state index contributed by atoms with van der Waals surface area (Å²) in [7, 11) is 3.57. The fourth-order valence-electron chi connectivity index (χ4n) is 2.04. The smallest absolute Gasteiger partial charge is 0.124 e. The standard InChI is InChI=1S/C13H18N4O/c1-4-14-13(11-9-15-16-17(11)2)10-7-5-6-8-12(10)18-3/h5-9,13-14H,4H2,1-3H3. The lowest BCUT2D eigenvalue weighted by Gasteiger charge is -2.20.